The van der Waals surface area contributed by atoms with Crippen molar-refractivity contribution in [1.82, 2.24) is 10.6 Å². The summed E-state index contributed by atoms with van der Waals surface area (Å²) in [4.78, 5) is 47.6. The Morgan fingerprint density at radius 3 is 2.17 bits per heavy atom. The minimum Gasteiger partial charge on any atom is -0.508 e. The summed E-state index contributed by atoms with van der Waals surface area (Å²) < 4.78 is 0. The number of carboxylic acid groups (broad SMARTS) is 1. The van der Waals surface area contributed by atoms with Crippen molar-refractivity contribution in [3.05, 3.63) is 29.8 Å². The largest absolute Gasteiger partial charge is 0.508 e. The van der Waals surface area contributed by atoms with Gasteiger partial charge in [-0.2, -0.15) is 11.8 Å². The molecule has 10 nitrogen and oxygen atoms in total. The summed E-state index contributed by atoms with van der Waals surface area (Å²) in [6.07, 6.45) is 1.97. The molecule has 0 saturated heterocycles. The predicted molar refractivity (Wildman–Crippen MR) is 113 cm³/mol. The summed E-state index contributed by atoms with van der Waals surface area (Å²) in [7, 11) is 0. The number of aromatic hydroxyl groups is 1. The Morgan fingerprint density at radius 2 is 1.63 bits per heavy atom. The second kappa shape index (κ2) is 12.7. The van der Waals surface area contributed by atoms with Gasteiger partial charge in [-0.15, -0.1) is 0 Å². The summed E-state index contributed by atoms with van der Waals surface area (Å²) in [6, 6.07) is 2.60. The highest BCUT2D eigenvalue weighted by atomic mass is 32.2. The van der Waals surface area contributed by atoms with Gasteiger partial charge < -0.3 is 32.3 Å². The average Bonchev–Trinajstić information content (AvgIpc) is 2.69. The molecule has 0 aromatic heterocycles. The molecule has 0 bridgehead atoms. The van der Waals surface area contributed by atoms with Gasteiger partial charge in [0, 0.05) is 12.8 Å². The number of thioether (sulfide) groups is 1. The van der Waals surface area contributed by atoms with Gasteiger partial charge >= 0.3 is 5.97 Å². The number of carbonyl (C=O) groups is 4. The van der Waals surface area contributed by atoms with Crippen LogP contribution in [0.2, 0.25) is 0 Å². The first-order valence-corrected chi connectivity index (χ1v) is 10.7. The summed E-state index contributed by atoms with van der Waals surface area (Å²) in [5.74, 6) is -2.57. The number of carboxylic acids is 1. The third-order valence-electron chi connectivity index (χ3n) is 4.27. The van der Waals surface area contributed by atoms with Gasteiger partial charge in [-0.25, -0.2) is 4.79 Å². The minimum atomic E-state index is -1.28. The Kier molecular flexibility index (Phi) is 10.7. The molecule has 0 fully saturated rings. The van der Waals surface area contributed by atoms with E-state index < -0.39 is 41.8 Å². The SMILES string of the molecule is CSCC[C@H](N)C(=O)N[C@@H](CCC(N)=O)C(=O)N[C@@H](Cc1ccc(O)cc1)C(=O)O. The van der Waals surface area contributed by atoms with E-state index in [4.69, 9.17) is 11.5 Å². The topological polar surface area (TPSA) is 185 Å². The van der Waals surface area contributed by atoms with Crippen molar-refractivity contribution in [2.75, 3.05) is 12.0 Å². The molecule has 0 radical (unpaired) electrons. The molecule has 30 heavy (non-hydrogen) atoms. The average molecular weight is 441 g/mol. The van der Waals surface area contributed by atoms with Crippen LogP contribution in [0.1, 0.15) is 24.8 Å². The fourth-order valence-electron chi connectivity index (χ4n) is 2.55. The second-order valence-corrected chi connectivity index (χ2v) is 7.71. The van der Waals surface area contributed by atoms with Crippen molar-refractivity contribution in [3.63, 3.8) is 0 Å². The van der Waals surface area contributed by atoms with E-state index in [1.54, 1.807) is 0 Å². The lowest BCUT2D eigenvalue weighted by atomic mass is 10.0. The maximum atomic E-state index is 12.7. The number of aliphatic carboxylic acids is 1. The highest BCUT2D eigenvalue weighted by molar-refractivity contribution is 7.98. The molecule has 166 valence electrons. The van der Waals surface area contributed by atoms with Crippen LogP contribution in [-0.4, -0.2) is 64.0 Å². The number of hydrogen-bond donors (Lipinski definition) is 6. The number of benzene rings is 1. The highest BCUT2D eigenvalue weighted by Crippen LogP contribution is 2.12. The minimum absolute atomic E-state index is 0.0294. The van der Waals surface area contributed by atoms with E-state index in [9.17, 15) is 29.4 Å². The van der Waals surface area contributed by atoms with Gasteiger partial charge in [0.25, 0.3) is 0 Å². The van der Waals surface area contributed by atoms with Crippen LogP contribution in [0.15, 0.2) is 24.3 Å². The molecule has 0 spiro atoms. The molecule has 8 N–H and O–H groups in total. The van der Waals surface area contributed by atoms with E-state index in [1.807, 2.05) is 6.26 Å². The van der Waals surface area contributed by atoms with E-state index in [0.29, 0.717) is 17.7 Å². The van der Waals surface area contributed by atoms with Gasteiger partial charge in [0.2, 0.25) is 17.7 Å². The van der Waals surface area contributed by atoms with E-state index in [-0.39, 0.29) is 25.0 Å². The molecule has 11 heteroatoms. The van der Waals surface area contributed by atoms with Crippen molar-refractivity contribution >= 4 is 35.5 Å². The van der Waals surface area contributed by atoms with E-state index >= 15 is 0 Å². The van der Waals surface area contributed by atoms with Crippen molar-refractivity contribution in [3.8, 4) is 5.75 Å². The molecule has 1 aromatic rings. The van der Waals surface area contributed by atoms with Crippen molar-refractivity contribution < 1.29 is 29.4 Å². The normalized spacial score (nSPS) is 13.7. The van der Waals surface area contributed by atoms with Crippen molar-refractivity contribution in [2.45, 2.75) is 43.8 Å². The first-order chi connectivity index (χ1) is 14.1. The van der Waals surface area contributed by atoms with Gasteiger partial charge in [0.1, 0.15) is 17.8 Å². The monoisotopic (exact) mass is 440 g/mol. The molecule has 0 aliphatic heterocycles. The number of nitrogens with two attached hydrogens (primary N) is 2. The molecule has 3 amide bonds. The van der Waals surface area contributed by atoms with Crippen LogP contribution in [0.25, 0.3) is 0 Å². The predicted octanol–water partition coefficient (Wildman–Crippen LogP) is -0.665. The first kappa shape index (κ1) is 25.2. The lowest BCUT2D eigenvalue weighted by molar-refractivity contribution is -0.142. The zero-order valence-corrected chi connectivity index (χ0v) is 17.5. The smallest absolute Gasteiger partial charge is 0.326 e. The summed E-state index contributed by atoms with van der Waals surface area (Å²) in [5, 5.41) is 23.6. The van der Waals surface area contributed by atoms with Crippen LogP contribution >= 0.6 is 11.8 Å². The van der Waals surface area contributed by atoms with Crippen LogP contribution < -0.4 is 22.1 Å². The van der Waals surface area contributed by atoms with Crippen molar-refractivity contribution in [2.24, 2.45) is 11.5 Å². The molecule has 3 atom stereocenters. The van der Waals surface area contributed by atoms with Gasteiger partial charge in [-0.05, 0) is 42.5 Å². The summed E-state index contributed by atoms with van der Waals surface area (Å²) in [6.45, 7) is 0. The van der Waals surface area contributed by atoms with Gasteiger partial charge in [-0.3, -0.25) is 14.4 Å². The van der Waals surface area contributed by atoms with Crippen LogP contribution in [0.4, 0.5) is 0 Å². The standard InChI is InChI=1S/C19H28N4O6S/c1-30-9-8-13(20)17(26)22-14(6-7-16(21)25)18(27)23-15(19(28)29)10-11-2-4-12(24)5-3-11/h2-5,13-15,24H,6-10,20H2,1H3,(H2,21,25)(H,22,26)(H,23,27)(H,28,29)/t13-,14-,15-/m0/s1. The maximum Gasteiger partial charge on any atom is 0.326 e. The molecular formula is C19H28N4O6S. The Labute approximate surface area is 178 Å². The van der Waals surface area contributed by atoms with Crippen LogP contribution in [-0.2, 0) is 25.6 Å². The maximum absolute atomic E-state index is 12.7. The van der Waals surface area contributed by atoms with Crippen LogP contribution in [0.3, 0.4) is 0 Å². The molecule has 0 saturated carbocycles. The number of carbonyl (C=O) groups excluding carboxylic acids is 3. The summed E-state index contributed by atoms with van der Waals surface area (Å²) in [5.41, 5.74) is 11.5. The number of phenols is 1. The number of amides is 3. The molecule has 0 aliphatic rings. The number of primary amides is 1. The zero-order valence-electron chi connectivity index (χ0n) is 16.7. The van der Waals surface area contributed by atoms with Crippen LogP contribution in [0.5, 0.6) is 5.75 Å². The van der Waals surface area contributed by atoms with Gasteiger partial charge in [0.05, 0.1) is 6.04 Å². The second-order valence-electron chi connectivity index (χ2n) is 6.72. The van der Waals surface area contributed by atoms with Gasteiger partial charge in [0.15, 0.2) is 0 Å². The Hall–Kier alpha value is -2.79. The summed E-state index contributed by atoms with van der Waals surface area (Å²) >= 11 is 1.52. The lowest BCUT2D eigenvalue weighted by Crippen LogP contribution is -2.55. The molecule has 0 aliphatic carbocycles. The third kappa shape index (κ3) is 9.14. The van der Waals surface area contributed by atoms with Crippen molar-refractivity contribution in [1.29, 1.82) is 0 Å². The molecule has 0 unspecified atom stereocenters. The fourth-order valence-corrected chi connectivity index (χ4v) is 3.04. The quantitative estimate of drug-likeness (QED) is 0.233. The van der Waals surface area contributed by atoms with E-state index in [0.717, 1.165) is 0 Å². The number of rotatable bonds is 13. The molecule has 0 heterocycles. The fraction of sp³-hybridized carbons (Fsp3) is 0.474. The zero-order chi connectivity index (χ0) is 22.7. The highest BCUT2D eigenvalue weighted by Gasteiger charge is 2.28. The van der Waals surface area contributed by atoms with Crippen LogP contribution in [0, 0.1) is 0 Å². The third-order valence-corrected chi connectivity index (χ3v) is 4.92. The Balaban J connectivity index is 2.85. The molecule has 1 rings (SSSR count). The molecular weight excluding hydrogens is 412 g/mol. The Morgan fingerprint density at radius 1 is 1.03 bits per heavy atom. The van der Waals surface area contributed by atoms with E-state index in [1.165, 1.54) is 36.0 Å². The molecule has 1 aromatic carbocycles. The first-order valence-electron chi connectivity index (χ1n) is 9.28. The lowest BCUT2D eigenvalue weighted by Gasteiger charge is -2.22. The van der Waals surface area contributed by atoms with Gasteiger partial charge in [-0.1, -0.05) is 12.1 Å². The Bertz CT molecular complexity index is 743. The van der Waals surface area contributed by atoms with E-state index in [2.05, 4.69) is 10.6 Å². The number of nitrogens with one attached hydrogen (secondary N) is 2. The number of phenolic OH excluding ortho intramolecular Hbond substituents is 1. The number of hydrogen-bond acceptors (Lipinski definition) is 7.